The fourth-order valence-corrected chi connectivity index (χ4v) is 5.73. The van der Waals surface area contributed by atoms with E-state index in [4.69, 9.17) is 0 Å². The highest BCUT2D eigenvalue weighted by Gasteiger charge is 2.26. The van der Waals surface area contributed by atoms with Gasteiger partial charge in [0.1, 0.15) is 11.6 Å². The number of amides is 1. The normalized spacial score (nSPS) is 15.1. The van der Waals surface area contributed by atoms with Crippen LogP contribution in [0.4, 0.5) is 9.52 Å². The first-order chi connectivity index (χ1) is 13.9. The zero-order valence-corrected chi connectivity index (χ0v) is 17.3. The standard InChI is InChI=1S/C20H20FN3O3S2/c21-16-6-7-17-18(12-16)28-20(22-17)24-10-8-23(9-11-24)19(25)14-29(26,27)13-15-4-2-1-3-5-15/h1-7,12H,8-11,13-14H2. The van der Waals surface area contributed by atoms with Crippen molar-refractivity contribution in [3.05, 3.63) is 59.9 Å². The van der Waals surface area contributed by atoms with Crippen molar-refractivity contribution in [3.63, 3.8) is 0 Å². The van der Waals surface area contributed by atoms with E-state index in [2.05, 4.69) is 4.98 Å². The molecule has 3 aromatic rings. The van der Waals surface area contributed by atoms with E-state index in [1.807, 2.05) is 11.0 Å². The SMILES string of the molecule is O=C(CS(=O)(=O)Cc1ccccc1)N1CCN(c2nc3ccc(F)cc3s2)CC1. The molecule has 1 aromatic heterocycles. The molecule has 2 heterocycles. The van der Waals surface area contributed by atoms with Gasteiger partial charge in [0.2, 0.25) is 5.91 Å². The number of aromatic nitrogens is 1. The molecule has 1 amide bonds. The summed E-state index contributed by atoms with van der Waals surface area (Å²) in [5.74, 6) is -1.28. The quantitative estimate of drug-likeness (QED) is 0.619. The van der Waals surface area contributed by atoms with Gasteiger partial charge >= 0.3 is 0 Å². The predicted molar refractivity (Wildman–Crippen MR) is 112 cm³/mol. The lowest BCUT2D eigenvalue weighted by Gasteiger charge is -2.34. The van der Waals surface area contributed by atoms with Gasteiger partial charge in [-0.2, -0.15) is 0 Å². The molecule has 9 heteroatoms. The summed E-state index contributed by atoms with van der Waals surface area (Å²) < 4.78 is 38.9. The Bertz CT molecular complexity index is 1120. The van der Waals surface area contributed by atoms with Crippen molar-refractivity contribution in [2.75, 3.05) is 36.8 Å². The minimum Gasteiger partial charge on any atom is -0.345 e. The maximum Gasteiger partial charge on any atom is 0.237 e. The minimum absolute atomic E-state index is 0.137. The van der Waals surface area contributed by atoms with E-state index < -0.39 is 15.6 Å². The first-order valence-electron chi connectivity index (χ1n) is 9.23. The number of halogens is 1. The van der Waals surface area contributed by atoms with Crippen LogP contribution in [0.25, 0.3) is 10.2 Å². The average molecular weight is 434 g/mol. The van der Waals surface area contributed by atoms with Gasteiger partial charge in [0.05, 0.1) is 16.0 Å². The molecule has 1 fully saturated rings. The minimum atomic E-state index is -3.52. The maximum absolute atomic E-state index is 13.4. The maximum atomic E-state index is 13.4. The van der Waals surface area contributed by atoms with E-state index >= 15 is 0 Å². The summed E-state index contributed by atoms with van der Waals surface area (Å²) in [6.45, 7) is 1.99. The average Bonchev–Trinajstić information content (AvgIpc) is 3.11. The summed E-state index contributed by atoms with van der Waals surface area (Å²) in [7, 11) is -3.52. The van der Waals surface area contributed by atoms with Gasteiger partial charge in [-0.25, -0.2) is 17.8 Å². The largest absolute Gasteiger partial charge is 0.345 e. The second-order valence-corrected chi connectivity index (χ2v) is 10.1. The highest BCUT2D eigenvalue weighted by molar-refractivity contribution is 7.91. The van der Waals surface area contributed by atoms with Crippen LogP contribution in [-0.2, 0) is 20.4 Å². The van der Waals surface area contributed by atoms with Crippen molar-refractivity contribution in [2.24, 2.45) is 0 Å². The number of hydrogen-bond acceptors (Lipinski definition) is 6. The molecule has 0 unspecified atom stereocenters. The van der Waals surface area contributed by atoms with Crippen LogP contribution >= 0.6 is 11.3 Å². The number of hydrogen-bond donors (Lipinski definition) is 0. The van der Waals surface area contributed by atoms with E-state index in [0.717, 1.165) is 15.3 Å². The fraction of sp³-hybridized carbons (Fsp3) is 0.300. The molecule has 0 bridgehead atoms. The Balaban J connectivity index is 1.35. The van der Waals surface area contributed by atoms with E-state index in [1.54, 1.807) is 35.2 Å². The van der Waals surface area contributed by atoms with E-state index in [-0.39, 0.29) is 17.5 Å². The van der Waals surface area contributed by atoms with Gasteiger partial charge in [-0.1, -0.05) is 41.7 Å². The zero-order valence-electron chi connectivity index (χ0n) is 15.6. The lowest BCUT2D eigenvalue weighted by molar-refractivity contribution is -0.128. The Morgan fingerprint density at radius 2 is 1.79 bits per heavy atom. The second kappa shape index (κ2) is 8.08. The van der Waals surface area contributed by atoms with Gasteiger partial charge < -0.3 is 9.80 Å². The number of piperazine rings is 1. The zero-order chi connectivity index (χ0) is 20.4. The number of fused-ring (bicyclic) bond motifs is 1. The van der Waals surface area contributed by atoms with Gasteiger partial charge in [-0.05, 0) is 23.8 Å². The Labute approximate surface area is 172 Å². The number of carbonyl (C=O) groups excluding carboxylic acids is 1. The van der Waals surface area contributed by atoms with E-state index in [0.29, 0.717) is 31.7 Å². The number of sulfone groups is 1. The number of anilines is 1. The molecular weight excluding hydrogens is 413 g/mol. The van der Waals surface area contributed by atoms with Crippen LogP contribution in [0.1, 0.15) is 5.56 Å². The summed E-state index contributed by atoms with van der Waals surface area (Å²) in [5.41, 5.74) is 1.43. The Hall–Kier alpha value is -2.52. The molecule has 0 saturated carbocycles. The van der Waals surface area contributed by atoms with Crippen molar-refractivity contribution < 1.29 is 17.6 Å². The van der Waals surface area contributed by atoms with Gasteiger partial charge in [0, 0.05) is 26.2 Å². The third kappa shape index (κ3) is 4.73. The third-order valence-electron chi connectivity index (χ3n) is 4.81. The van der Waals surface area contributed by atoms with Crippen molar-refractivity contribution in [3.8, 4) is 0 Å². The van der Waals surface area contributed by atoms with Crippen molar-refractivity contribution in [1.82, 2.24) is 9.88 Å². The molecule has 0 atom stereocenters. The first-order valence-corrected chi connectivity index (χ1v) is 11.9. The summed E-state index contributed by atoms with van der Waals surface area (Å²) in [5, 5.41) is 0.786. The molecule has 0 aliphatic carbocycles. The van der Waals surface area contributed by atoms with Gasteiger partial charge in [-0.15, -0.1) is 0 Å². The van der Waals surface area contributed by atoms with Gasteiger partial charge in [-0.3, -0.25) is 4.79 Å². The highest BCUT2D eigenvalue weighted by atomic mass is 32.2. The monoisotopic (exact) mass is 433 g/mol. The van der Waals surface area contributed by atoms with Crippen LogP contribution < -0.4 is 4.90 Å². The molecule has 0 spiro atoms. The molecule has 0 radical (unpaired) electrons. The van der Waals surface area contributed by atoms with Crippen LogP contribution in [0.5, 0.6) is 0 Å². The molecule has 1 aliphatic rings. The molecule has 4 rings (SSSR count). The Kier molecular flexibility index (Phi) is 5.51. The first kappa shape index (κ1) is 19.8. The van der Waals surface area contributed by atoms with Crippen LogP contribution in [-0.4, -0.2) is 56.1 Å². The smallest absolute Gasteiger partial charge is 0.237 e. The summed E-state index contributed by atoms with van der Waals surface area (Å²) in [4.78, 5) is 20.7. The summed E-state index contributed by atoms with van der Waals surface area (Å²) >= 11 is 1.41. The number of thiazole rings is 1. The van der Waals surface area contributed by atoms with E-state index in [9.17, 15) is 17.6 Å². The molecule has 0 N–H and O–H groups in total. The Morgan fingerprint density at radius 3 is 2.52 bits per heavy atom. The second-order valence-electron chi connectivity index (χ2n) is 6.99. The van der Waals surface area contributed by atoms with Crippen LogP contribution in [0, 0.1) is 5.82 Å². The van der Waals surface area contributed by atoms with Crippen LogP contribution in [0.3, 0.4) is 0 Å². The molecule has 152 valence electrons. The van der Waals surface area contributed by atoms with Crippen molar-refractivity contribution in [2.45, 2.75) is 5.75 Å². The van der Waals surface area contributed by atoms with Crippen LogP contribution in [0.2, 0.25) is 0 Å². The topological polar surface area (TPSA) is 70.6 Å². The predicted octanol–water partition coefficient (Wildman–Crippen LogP) is 2.70. The fourth-order valence-electron chi connectivity index (χ4n) is 3.33. The van der Waals surface area contributed by atoms with Crippen molar-refractivity contribution >= 4 is 42.4 Å². The van der Waals surface area contributed by atoms with Gasteiger partial charge in [0.25, 0.3) is 0 Å². The third-order valence-corrected chi connectivity index (χ3v) is 7.35. The number of carbonyl (C=O) groups is 1. The van der Waals surface area contributed by atoms with Crippen LogP contribution in [0.15, 0.2) is 48.5 Å². The molecule has 6 nitrogen and oxygen atoms in total. The summed E-state index contributed by atoms with van der Waals surface area (Å²) in [6, 6.07) is 13.4. The Morgan fingerprint density at radius 1 is 1.07 bits per heavy atom. The molecule has 29 heavy (non-hydrogen) atoms. The molecule has 1 saturated heterocycles. The summed E-state index contributed by atoms with van der Waals surface area (Å²) in [6.07, 6.45) is 0. The van der Waals surface area contributed by atoms with E-state index in [1.165, 1.54) is 23.5 Å². The van der Waals surface area contributed by atoms with Gasteiger partial charge in [0.15, 0.2) is 15.0 Å². The lowest BCUT2D eigenvalue weighted by atomic mass is 10.2. The molecule has 1 aliphatic heterocycles. The number of benzene rings is 2. The molecule has 2 aromatic carbocycles. The lowest BCUT2D eigenvalue weighted by Crippen LogP contribution is -2.50. The number of rotatable bonds is 5. The highest BCUT2D eigenvalue weighted by Crippen LogP contribution is 2.29. The van der Waals surface area contributed by atoms with Crippen molar-refractivity contribution in [1.29, 1.82) is 0 Å². The molecular formula is C20H20FN3O3S2. The number of nitrogens with zero attached hydrogens (tertiary/aromatic N) is 3.